The Balaban J connectivity index is 2.88. The van der Waals surface area contributed by atoms with E-state index in [0.717, 1.165) is 9.13 Å². The number of nitrogens with two attached hydrogens (primary N) is 1. The van der Waals surface area contributed by atoms with Crippen molar-refractivity contribution in [1.29, 1.82) is 0 Å². The van der Waals surface area contributed by atoms with Gasteiger partial charge in [-0.3, -0.25) is 23.5 Å². The quantitative estimate of drug-likeness (QED) is 0.498. The van der Waals surface area contributed by atoms with Gasteiger partial charge in [0.1, 0.15) is 17.4 Å². The third-order valence-corrected chi connectivity index (χ3v) is 3.72. The SMILES string of the molecule is C[C@H](NC(=O)C(C)(C)C)C(=O)OCC(=O)c1c(N)n(C)c(=O)n(C)c1=O. The van der Waals surface area contributed by atoms with E-state index in [9.17, 15) is 24.0 Å². The van der Waals surface area contributed by atoms with Crippen molar-refractivity contribution < 1.29 is 19.1 Å². The largest absolute Gasteiger partial charge is 0.456 e. The summed E-state index contributed by atoms with van der Waals surface area (Å²) in [5.41, 5.74) is 2.98. The van der Waals surface area contributed by atoms with Crippen molar-refractivity contribution in [3.63, 3.8) is 0 Å². The molecule has 26 heavy (non-hydrogen) atoms. The van der Waals surface area contributed by atoms with E-state index in [1.165, 1.54) is 21.0 Å². The molecule has 1 atom stereocenters. The first kappa shape index (κ1) is 21.1. The van der Waals surface area contributed by atoms with Gasteiger partial charge in [-0.2, -0.15) is 0 Å². The maximum atomic E-state index is 12.2. The van der Waals surface area contributed by atoms with Crippen molar-refractivity contribution >= 4 is 23.5 Å². The third-order valence-electron chi connectivity index (χ3n) is 3.72. The predicted molar refractivity (Wildman–Crippen MR) is 93.7 cm³/mol. The van der Waals surface area contributed by atoms with Crippen LogP contribution in [0.1, 0.15) is 38.1 Å². The van der Waals surface area contributed by atoms with Gasteiger partial charge in [-0.05, 0) is 6.92 Å². The molecule has 1 aromatic rings. The molecule has 0 spiro atoms. The molecule has 0 unspecified atom stereocenters. The number of amides is 1. The van der Waals surface area contributed by atoms with E-state index >= 15 is 0 Å². The molecule has 0 saturated carbocycles. The minimum Gasteiger partial charge on any atom is -0.456 e. The second-order valence-corrected chi connectivity index (χ2v) is 6.94. The lowest BCUT2D eigenvalue weighted by Gasteiger charge is -2.20. The molecule has 0 aliphatic heterocycles. The zero-order chi connectivity index (χ0) is 20.4. The van der Waals surface area contributed by atoms with E-state index in [4.69, 9.17) is 10.5 Å². The van der Waals surface area contributed by atoms with E-state index in [0.29, 0.717) is 0 Å². The molecule has 0 aromatic carbocycles. The average molecular weight is 368 g/mol. The Hall–Kier alpha value is -2.91. The Morgan fingerprint density at radius 2 is 1.69 bits per heavy atom. The highest BCUT2D eigenvalue weighted by Crippen LogP contribution is 2.13. The lowest BCUT2D eigenvalue weighted by Crippen LogP contribution is -2.45. The zero-order valence-corrected chi connectivity index (χ0v) is 15.7. The summed E-state index contributed by atoms with van der Waals surface area (Å²) in [5, 5.41) is 2.47. The van der Waals surface area contributed by atoms with Crippen molar-refractivity contribution in [2.45, 2.75) is 33.7 Å². The van der Waals surface area contributed by atoms with Gasteiger partial charge in [0, 0.05) is 19.5 Å². The Morgan fingerprint density at radius 3 is 2.19 bits per heavy atom. The summed E-state index contributed by atoms with van der Waals surface area (Å²) in [6, 6.07) is -0.977. The second-order valence-electron chi connectivity index (χ2n) is 6.94. The number of hydrogen-bond acceptors (Lipinski definition) is 7. The number of carbonyl (C=O) groups excluding carboxylic acids is 3. The lowest BCUT2D eigenvalue weighted by molar-refractivity contribution is -0.147. The van der Waals surface area contributed by atoms with Crippen molar-refractivity contribution in [2.75, 3.05) is 12.3 Å². The molecule has 1 aromatic heterocycles. The fourth-order valence-corrected chi connectivity index (χ4v) is 1.93. The highest BCUT2D eigenvalue weighted by Gasteiger charge is 2.27. The fourth-order valence-electron chi connectivity index (χ4n) is 1.93. The fraction of sp³-hybridized carbons (Fsp3) is 0.562. The maximum Gasteiger partial charge on any atom is 0.332 e. The van der Waals surface area contributed by atoms with Crippen LogP contribution in [0.25, 0.3) is 0 Å². The van der Waals surface area contributed by atoms with Crippen LogP contribution in [-0.4, -0.2) is 39.4 Å². The summed E-state index contributed by atoms with van der Waals surface area (Å²) in [5.74, 6) is -2.35. The van der Waals surface area contributed by atoms with Crippen molar-refractivity contribution in [1.82, 2.24) is 14.5 Å². The molecule has 10 heteroatoms. The number of nitrogens with one attached hydrogen (secondary N) is 1. The molecule has 0 saturated heterocycles. The first-order valence-electron chi connectivity index (χ1n) is 7.85. The first-order chi connectivity index (χ1) is 11.8. The molecule has 1 rings (SSSR count). The zero-order valence-electron chi connectivity index (χ0n) is 15.7. The van der Waals surface area contributed by atoms with Crippen LogP contribution < -0.4 is 22.3 Å². The van der Waals surface area contributed by atoms with Crippen LogP contribution in [0.15, 0.2) is 9.59 Å². The topological polar surface area (TPSA) is 142 Å². The molecule has 0 fully saturated rings. The van der Waals surface area contributed by atoms with Gasteiger partial charge in [0.25, 0.3) is 5.56 Å². The van der Waals surface area contributed by atoms with Crippen molar-refractivity contribution in [2.24, 2.45) is 19.5 Å². The molecular formula is C16H24N4O6. The van der Waals surface area contributed by atoms with Gasteiger partial charge in [-0.15, -0.1) is 0 Å². The number of ketones is 1. The normalized spacial score (nSPS) is 12.4. The number of anilines is 1. The lowest BCUT2D eigenvalue weighted by atomic mass is 9.95. The average Bonchev–Trinajstić information content (AvgIpc) is 2.55. The van der Waals surface area contributed by atoms with E-state index in [1.807, 2.05) is 0 Å². The molecule has 0 aliphatic carbocycles. The number of rotatable bonds is 5. The van der Waals surface area contributed by atoms with E-state index in [-0.39, 0.29) is 11.7 Å². The van der Waals surface area contributed by atoms with Gasteiger partial charge >= 0.3 is 11.7 Å². The van der Waals surface area contributed by atoms with Crippen LogP contribution >= 0.6 is 0 Å². The van der Waals surface area contributed by atoms with Crippen LogP contribution in [0.4, 0.5) is 5.82 Å². The van der Waals surface area contributed by atoms with Gasteiger partial charge in [-0.25, -0.2) is 9.59 Å². The number of nitrogens with zero attached hydrogens (tertiary/aromatic N) is 2. The highest BCUT2D eigenvalue weighted by atomic mass is 16.5. The van der Waals surface area contributed by atoms with Gasteiger partial charge in [-0.1, -0.05) is 20.8 Å². The number of esters is 1. The Bertz CT molecular complexity index is 859. The Labute approximate surface area is 149 Å². The van der Waals surface area contributed by atoms with Crippen LogP contribution in [0.2, 0.25) is 0 Å². The van der Waals surface area contributed by atoms with Crippen LogP contribution in [0.5, 0.6) is 0 Å². The third kappa shape index (κ3) is 4.38. The van der Waals surface area contributed by atoms with E-state index < -0.39 is 46.6 Å². The second kappa shape index (κ2) is 7.54. The standard InChI is InChI=1S/C16H24N4O6/c1-8(18-14(24)16(2,3)4)13(23)26-7-9(21)10-11(17)19(5)15(25)20(6)12(10)22/h8H,7,17H2,1-6H3,(H,18,24)/t8-/m0/s1. The monoisotopic (exact) mass is 368 g/mol. The van der Waals surface area contributed by atoms with Gasteiger partial charge in [0.15, 0.2) is 6.61 Å². The molecular weight excluding hydrogens is 344 g/mol. The van der Waals surface area contributed by atoms with E-state index in [2.05, 4.69) is 5.32 Å². The number of Topliss-reactive ketones (excluding diaryl/α,β-unsaturated/α-hetero) is 1. The first-order valence-corrected chi connectivity index (χ1v) is 7.85. The summed E-state index contributed by atoms with van der Waals surface area (Å²) in [4.78, 5) is 59.9. The molecule has 3 N–H and O–H groups in total. The summed E-state index contributed by atoms with van der Waals surface area (Å²) < 4.78 is 6.54. The Kier molecular flexibility index (Phi) is 6.13. The number of nitrogen functional groups attached to an aromatic ring is 1. The van der Waals surface area contributed by atoms with Gasteiger partial charge in [0.05, 0.1) is 0 Å². The number of ether oxygens (including phenoxy) is 1. The predicted octanol–water partition coefficient (Wildman–Crippen LogP) is -1.06. The van der Waals surface area contributed by atoms with E-state index in [1.54, 1.807) is 20.8 Å². The summed E-state index contributed by atoms with van der Waals surface area (Å²) in [7, 11) is 2.51. The highest BCUT2D eigenvalue weighted by molar-refractivity contribution is 6.01. The summed E-state index contributed by atoms with van der Waals surface area (Å²) in [6.45, 7) is 5.72. The molecule has 0 bridgehead atoms. The molecule has 144 valence electrons. The molecule has 1 heterocycles. The Morgan fingerprint density at radius 1 is 1.15 bits per heavy atom. The van der Waals surface area contributed by atoms with Crippen molar-refractivity contribution in [3.8, 4) is 0 Å². The minimum atomic E-state index is -0.977. The smallest absolute Gasteiger partial charge is 0.332 e. The molecule has 1 amide bonds. The van der Waals surface area contributed by atoms with Crippen LogP contribution in [0.3, 0.4) is 0 Å². The van der Waals surface area contributed by atoms with Crippen molar-refractivity contribution in [3.05, 3.63) is 26.4 Å². The minimum absolute atomic E-state index is 0.312. The molecule has 0 aliphatic rings. The summed E-state index contributed by atoms with van der Waals surface area (Å²) in [6.07, 6.45) is 0. The van der Waals surface area contributed by atoms with Crippen LogP contribution in [-0.2, 0) is 28.4 Å². The maximum absolute atomic E-state index is 12.2. The number of carbonyl (C=O) groups is 3. The number of hydrogen-bond donors (Lipinski definition) is 2. The molecule has 10 nitrogen and oxygen atoms in total. The van der Waals surface area contributed by atoms with Gasteiger partial charge in [0.2, 0.25) is 11.7 Å². The summed E-state index contributed by atoms with van der Waals surface area (Å²) >= 11 is 0. The number of aromatic nitrogens is 2. The van der Waals surface area contributed by atoms with Gasteiger partial charge < -0.3 is 15.8 Å². The van der Waals surface area contributed by atoms with Crippen LogP contribution in [0, 0.1) is 5.41 Å². The molecule has 0 radical (unpaired) electrons.